The van der Waals surface area contributed by atoms with Gasteiger partial charge < -0.3 is 0 Å². The van der Waals surface area contributed by atoms with E-state index < -0.39 is 0 Å². The summed E-state index contributed by atoms with van der Waals surface area (Å²) in [5.74, 6) is 0.00864. The molecule has 0 saturated heterocycles. The molecule has 0 aromatic carbocycles. The summed E-state index contributed by atoms with van der Waals surface area (Å²) in [6.45, 7) is 4.13. The van der Waals surface area contributed by atoms with E-state index in [4.69, 9.17) is 0 Å². The van der Waals surface area contributed by atoms with Crippen LogP contribution in [0.2, 0.25) is 0 Å². The minimum Gasteiger partial charge on any atom is -0.261 e. The summed E-state index contributed by atoms with van der Waals surface area (Å²) >= 11 is 0. The van der Waals surface area contributed by atoms with Crippen LogP contribution in [-0.2, 0) is 6.42 Å². The Morgan fingerprint density at radius 3 is 2.74 bits per heavy atom. The number of halogens is 1. The van der Waals surface area contributed by atoms with Crippen LogP contribution in [0, 0.1) is 6.92 Å². The zero-order chi connectivity index (χ0) is 13.4. The second kappa shape index (κ2) is 4.76. The predicted octanol–water partition coefficient (Wildman–Crippen LogP) is 4.68. The lowest BCUT2D eigenvalue weighted by molar-refractivity contribution is 0.579. The number of rotatable bonds is 1. The number of aryl methyl sites for hydroxylation is 2. The third-order valence-electron chi connectivity index (χ3n) is 4.00. The maximum absolute atomic E-state index is 13.5. The molecular weight excluding hydrogens is 237 g/mol. The highest BCUT2D eigenvalue weighted by atomic mass is 19.1. The molecule has 0 N–H and O–H groups in total. The van der Waals surface area contributed by atoms with E-state index in [9.17, 15) is 4.39 Å². The van der Waals surface area contributed by atoms with E-state index in [-0.39, 0.29) is 5.83 Å². The average molecular weight is 255 g/mol. The highest BCUT2D eigenvalue weighted by molar-refractivity contribution is 5.66. The fraction of sp³-hybridized carbons (Fsp3) is 0.353. The molecule has 1 nitrogen and oxygen atoms in total. The Kier molecular flexibility index (Phi) is 3.09. The number of allylic oxidation sites excluding steroid dienone is 5. The van der Waals surface area contributed by atoms with Crippen molar-refractivity contribution in [3.63, 3.8) is 0 Å². The second-order valence-electron chi connectivity index (χ2n) is 5.48. The first-order valence-electron chi connectivity index (χ1n) is 6.86. The van der Waals surface area contributed by atoms with Crippen LogP contribution in [0.25, 0.3) is 6.08 Å². The van der Waals surface area contributed by atoms with Crippen LogP contribution in [0.3, 0.4) is 0 Å². The van der Waals surface area contributed by atoms with E-state index in [2.05, 4.69) is 24.1 Å². The van der Waals surface area contributed by atoms with Gasteiger partial charge in [0.2, 0.25) is 0 Å². The van der Waals surface area contributed by atoms with E-state index in [1.165, 1.54) is 22.3 Å². The Morgan fingerprint density at radius 2 is 1.89 bits per heavy atom. The van der Waals surface area contributed by atoms with Crippen molar-refractivity contribution in [1.82, 2.24) is 4.98 Å². The van der Waals surface area contributed by atoms with Gasteiger partial charge in [0, 0.05) is 18.3 Å². The summed E-state index contributed by atoms with van der Waals surface area (Å²) in [6, 6.07) is 2.15. The first-order chi connectivity index (χ1) is 9.13. The summed E-state index contributed by atoms with van der Waals surface area (Å²) in [5.41, 5.74) is 7.27. The molecule has 3 rings (SSSR count). The highest BCUT2D eigenvalue weighted by Crippen LogP contribution is 2.35. The topological polar surface area (TPSA) is 12.9 Å². The first-order valence-corrected chi connectivity index (χ1v) is 6.86. The van der Waals surface area contributed by atoms with Crippen LogP contribution in [-0.4, -0.2) is 4.98 Å². The van der Waals surface area contributed by atoms with Crippen molar-refractivity contribution in [3.05, 3.63) is 57.7 Å². The van der Waals surface area contributed by atoms with E-state index in [1.807, 2.05) is 13.1 Å². The van der Waals surface area contributed by atoms with Crippen molar-refractivity contribution in [2.45, 2.75) is 39.5 Å². The summed E-state index contributed by atoms with van der Waals surface area (Å²) < 4.78 is 13.5. The van der Waals surface area contributed by atoms with Crippen LogP contribution in [0.4, 0.5) is 4.39 Å². The Balaban J connectivity index is 2.02. The van der Waals surface area contributed by atoms with E-state index in [0.29, 0.717) is 6.42 Å². The number of hydrogen-bond acceptors (Lipinski definition) is 1. The second-order valence-corrected chi connectivity index (χ2v) is 5.48. The molecule has 2 aliphatic rings. The van der Waals surface area contributed by atoms with Crippen LogP contribution in [0.1, 0.15) is 43.0 Å². The van der Waals surface area contributed by atoms with Gasteiger partial charge in [-0.15, -0.1) is 0 Å². The molecule has 0 unspecified atom stereocenters. The number of pyridine rings is 1. The fourth-order valence-corrected chi connectivity index (χ4v) is 2.88. The van der Waals surface area contributed by atoms with E-state index in [1.54, 1.807) is 6.08 Å². The molecule has 1 heterocycles. The van der Waals surface area contributed by atoms with Crippen LogP contribution in [0.15, 0.2) is 40.9 Å². The normalized spacial score (nSPS) is 18.9. The van der Waals surface area contributed by atoms with E-state index in [0.717, 1.165) is 30.5 Å². The van der Waals surface area contributed by atoms with Crippen molar-refractivity contribution in [2.75, 3.05) is 0 Å². The summed E-state index contributed by atoms with van der Waals surface area (Å²) in [6.07, 6.45) is 9.25. The van der Waals surface area contributed by atoms with Crippen LogP contribution in [0.5, 0.6) is 0 Å². The van der Waals surface area contributed by atoms with Gasteiger partial charge in [-0.2, -0.15) is 0 Å². The van der Waals surface area contributed by atoms with Gasteiger partial charge in [0.05, 0.1) is 0 Å². The van der Waals surface area contributed by atoms with Crippen molar-refractivity contribution >= 4 is 6.08 Å². The Labute approximate surface area is 113 Å². The summed E-state index contributed by atoms with van der Waals surface area (Å²) in [5, 5.41) is 0. The summed E-state index contributed by atoms with van der Waals surface area (Å²) in [4.78, 5) is 4.36. The lowest BCUT2D eigenvalue weighted by Gasteiger charge is -2.21. The maximum atomic E-state index is 13.5. The lowest BCUT2D eigenvalue weighted by Crippen LogP contribution is -2.05. The molecule has 1 aromatic heterocycles. The van der Waals surface area contributed by atoms with Crippen LogP contribution < -0.4 is 0 Å². The zero-order valence-corrected chi connectivity index (χ0v) is 11.5. The fourth-order valence-electron chi connectivity index (χ4n) is 2.88. The molecule has 0 spiro atoms. The highest BCUT2D eigenvalue weighted by Gasteiger charge is 2.17. The first kappa shape index (κ1) is 12.3. The number of aromatic nitrogens is 1. The molecule has 0 bridgehead atoms. The Bertz CT molecular complexity index is 620. The van der Waals surface area contributed by atoms with Crippen molar-refractivity contribution in [3.8, 4) is 0 Å². The van der Waals surface area contributed by atoms with Gasteiger partial charge in [0.1, 0.15) is 5.83 Å². The van der Waals surface area contributed by atoms with Crippen molar-refractivity contribution in [1.29, 1.82) is 0 Å². The van der Waals surface area contributed by atoms with E-state index >= 15 is 0 Å². The minimum absolute atomic E-state index is 0.00864. The van der Waals surface area contributed by atoms with Gasteiger partial charge in [-0.05, 0) is 73.6 Å². The molecule has 0 fully saturated rings. The molecule has 0 amide bonds. The molecule has 0 aliphatic heterocycles. The van der Waals surface area contributed by atoms with Gasteiger partial charge >= 0.3 is 0 Å². The third-order valence-corrected chi connectivity index (χ3v) is 4.00. The van der Waals surface area contributed by atoms with Crippen LogP contribution >= 0.6 is 0 Å². The van der Waals surface area contributed by atoms with Crippen molar-refractivity contribution in [2.24, 2.45) is 0 Å². The van der Waals surface area contributed by atoms with Gasteiger partial charge in [0.25, 0.3) is 0 Å². The third kappa shape index (κ3) is 2.40. The number of hydrogen-bond donors (Lipinski definition) is 0. The summed E-state index contributed by atoms with van der Waals surface area (Å²) in [7, 11) is 0. The number of fused-ring (bicyclic) bond motifs is 1. The zero-order valence-electron chi connectivity index (χ0n) is 11.5. The molecule has 98 valence electrons. The molecule has 0 atom stereocenters. The van der Waals surface area contributed by atoms with Gasteiger partial charge in [0.15, 0.2) is 0 Å². The average Bonchev–Trinajstić information content (AvgIpc) is 2.41. The van der Waals surface area contributed by atoms with Gasteiger partial charge in [-0.25, -0.2) is 4.39 Å². The molecule has 0 radical (unpaired) electrons. The Hall–Kier alpha value is -1.70. The molecule has 19 heavy (non-hydrogen) atoms. The number of nitrogens with zero attached hydrogens (tertiary/aromatic N) is 1. The molecule has 2 heteroatoms. The smallest absolute Gasteiger partial charge is 0.101 e. The molecular formula is C17H18FN. The van der Waals surface area contributed by atoms with Gasteiger partial charge in [-0.3, -0.25) is 4.98 Å². The van der Waals surface area contributed by atoms with Crippen molar-refractivity contribution < 1.29 is 4.39 Å². The lowest BCUT2D eigenvalue weighted by atomic mass is 9.85. The largest absolute Gasteiger partial charge is 0.261 e. The molecule has 2 aliphatic carbocycles. The standard InChI is InChI=1S/C17H18FN/c1-11-3-6-16(18)9-17(11)14-5-4-13-7-12(2)19-10-15(13)8-14/h7-10H,3-6H2,1-2H3. The quantitative estimate of drug-likeness (QED) is 0.709. The SMILES string of the molecule is CC1=C(C2=Cc3cnc(C)cc3CC2)C=C(F)CC1. The monoisotopic (exact) mass is 255 g/mol. The molecule has 0 saturated carbocycles. The minimum atomic E-state index is 0.00864. The predicted molar refractivity (Wildman–Crippen MR) is 76.4 cm³/mol. The molecule has 1 aromatic rings. The Morgan fingerprint density at radius 1 is 1.05 bits per heavy atom. The van der Waals surface area contributed by atoms with Gasteiger partial charge in [-0.1, -0.05) is 5.57 Å². The maximum Gasteiger partial charge on any atom is 0.101 e.